The van der Waals surface area contributed by atoms with Gasteiger partial charge in [-0.1, -0.05) is 82.4 Å². The lowest BCUT2D eigenvalue weighted by atomic mass is 9.39. The molecule has 4 aliphatic carbocycles. The Labute approximate surface area is 599 Å². The molecule has 4 saturated carbocycles. The molecule has 24 nitrogen and oxygen atoms in total. The molecule has 7 aromatic rings. The van der Waals surface area contributed by atoms with Crippen molar-refractivity contribution in [2.75, 3.05) is 103 Å². The number of thiazole rings is 2. The SMILES string of the molecule is Cc1ncsc1-c1ccc([C@H](C)NC(=O)[C@@H]2C[C@@H](O)CN2C(=O)[C@@H](NC(=O)CCOCCOCCOCCOCCN(C)CCOC23CC4(C)CC(C)(CC(Cn5ncc(-c6ccc(N7CCCc8c7nnc(Nc7nc9ccccc9s7)c8C)nc6C(=O)O)c5C)(C4)C2)C3)C(C)(C)C)cc1. The Morgan fingerprint density at radius 1 is 0.802 bits per heavy atom. The fraction of sp³-hybridized carbons (Fsp3) is 0.573. The van der Waals surface area contributed by atoms with E-state index in [0.29, 0.717) is 75.8 Å². The fourth-order valence-corrected chi connectivity index (χ4v) is 18.9. The van der Waals surface area contributed by atoms with Gasteiger partial charge in [-0.25, -0.2) is 19.7 Å². The van der Waals surface area contributed by atoms with Gasteiger partial charge in [0.2, 0.25) is 17.7 Å². The number of pyridine rings is 1. The first-order valence-corrected chi connectivity index (χ1v) is 37.2. The van der Waals surface area contributed by atoms with Crippen LogP contribution in [-0.2, 0) is 51.0 Å². The number of carboxylic acid groups (broad SMARTS) is 1. The number of carboxylic acids is 1. The van der Waals surface area contributed by atoms with E-state index in [4.69, 9.17) is 43.8 Å². The third kappa shape index (κ3) is 17.0. The highest BCUT2D eigenvalue weighted by Crippen LogP contribution is 2.72. The summed E-state index contributed by atoms with van der Waals surface area (Å²) in [5.74, 6) is -0.410. The van der Waals surface area contributed by atoms with E-state index < -0.39 is 35.5 Å². The molecule has 13 rings (SSSR count). The number of amides is 3. The molecule has 6 aliphatic rings. The number of ether oxygens (including phenoxy) is 5. The van der Waals surface area contributed by atoms with E-state index in [1.807, 2.05) is 126 Å². The van der Waals surface area contributed by atoms with Crippen LogP contribution in [0.4, 0.5) is 22.6 Å². The van der Waals surface area contributed by atoms with Crippen molar-refractivity contribution in [3.05, 3.63) is 106 Å². The molecular formula is C75H99N13O11S2. The molecule has 2 aromatic carbocycles. The zero-order chi connectivity index (χ0) is 71.4. The quantitative estimate of drug-likeness (QED) is 0.0245. The summed E-state index contributed by atoms with van der Waals surface area (Å²) >= 11 is 3.14. The zero-order valence-electron chi connectivity index (χ0n) is 60.1. The van der Waals surface area contributed by atoms with E-state index in [-0.39, 0.29) is 78.0 Å². The Kier molecular flexibility index (Phi) is 22.4. The van der Waals surface area contributed by atoms with Crippen molar-refractivity contribution in [1.29, 1.82) is 0 Å². The molecule has 542 valence electrons. The number of carbonyl (C=O) groups excluding carboxylic acids is 3. The van der Waals surface area contributed by atoms with Gasteiger partial charge in [-0.2, -0.15) is 5.10 Å². The number of nitrogens with zero attached hydrogens (tertiary/aromatic N) is 10. The number of para-hydroxylation sites is 1. The summed E-state index contributed by atoms with van der Waals surface area (Å²) in [5.41, 5.74) is 9.18. The molecule has 0 radical (unpaired) electrons. The number of β-amino-alcohol motifs (C(OH)–C–C–N with tert-alkyl or cyclic N) is 1. The van der Waals surface area contributed by atoms with Gasteiger partial charge in [0.1, 0.15) is 17.9 Å². The van der Waals surface area contributed by atoms with Crippen LogP contribution in [0.15, 0.2) is 72.4 Å². The van der Waals surface area contributed by atoms with Crippen molar-refractivity contribution in [3.8, 4) is 21.6 Å². The van der Waals surface area contributed by atoms with E-state index in [9.17, 15) is 29.4 Å². The van der Waals surface area contributed by atoms with Gasteiger partial charge < -0.3 is 64.5 Å². The Bertz CT molecular complexity index is 4050. The molecule has 5 fully saturated rings. The lowest BCUT2D eigenvalue weighted by Gasteiger charge is -2.69. The molecule has 2 unspecified atom stereocenters. The molecule has 1 saturated heterocycles. The molecule has 5 N–H and O–H groups in total. The largest absolute Gasteiger partial charge is 0.476 e. The summed E-state index contributed by atoms with van der Waals surface area (Å²) < 4.78 is 33.4. The number of hydrogen-bond donors (Lipinski definition) is 5. The number of likely N-dealkylation sites (N-methyl/N-ethyl adjacent to an activating group) is 1. The number of anilines is 4. The van der Waals surface area contributed by atoms with Crippen LogP contribution in [0.25, 0.3) is 31.8 Å². The van der Waals surface area contributed by atoms with Crippen LogP contribution in [0, 0.1) is 42.4 Å². The second-order valence-corrected chi connectivity index (χ2v) is 32.5. The molecule has 26 heteroatoms. The number of nitrogens with one attached hydrogen (secondary N) is 3. The first kappa shape index (κ1) is 73.4. The van der Waals surface area contributed by atoms with Gasteiger partial charge in [0, 0.05) is 73.5 Å². The average Bonchev–Trinajstić information content (AvgIpc) is 1.14. The van der Waals surface area contributed by atoms with Crippen LogP contribution < -0.4 is 20.9 Å². The highest BCUT2D eigenvalue weighted by Gasteiger charge is 2.66. The Balaban J connectivity index is 0.532. The molecule has 0 spiro atoms. The maximum atomic E-state index is 14.1. The maximum absolute atomic E-state index is 14.1. The van der Waals surface area contributed by atoms with Crippen LogP contribution in [0.5, 0.6) is 0 Å². The van der Waals surface area contributed by atoms with Gasteiger partial charge in [-0.3, -0.25) is 19.1 Å². The number of hydrogen-bond acceptors (Lipinski definition) is 21. The maximum Gasteiger partial charge on any atom is 0.355 e. The Hall–Kier alpha value is -7.40. The number of rotatable bonds is 32. The number of fused-ring (bicyclic) bond motifs is 2. The highest BCUT2D eigenvalue weighted by atomic mass is 32.1. The number of likely N-dealkylation sites (tertiary alicyclic amines) is 1. The molecule has 5 aromatic heterocycles. The first-order chi connectivity index (χ1) is 48.3. The van der Waals surface area contributed by atoms with Crippen molar-refractivity contribution in [2.24, 2.45) is 21.7 Å². The Morgan fingerprint density at radius 3 is 2.18 bits per heavy atom. The fourth-order valence-electron chi connectivity index (χ4n) is 17.2. The minimum atomic E-state index is -1.10. The first-order valence-electron chi connectivity index (χ1n) is 35.5. The predicted octanol–water partition coefficient (Wildman–Crippen LogP) is 10.8. The van der Waals surface area contributed by atoms with Gasteiger partial charge in [-0.15, -0.1) is 21.5 Å². The predicted molar refractivity (Wildman–Crippen MR) is 389 cm³/mol. The topological polar surface area (TPSA) is 283 Å². The summed E-state index contributed by atoms with van der Waals surface area (Å²) in [5, 5.41) is 45.8. The van der Waals surface area contributed by atoms with Gasteiger partial charge in [0.05, 0.1) is 110 Å². The number of benzene rings is 2. The van der Waals surface area contributed by atoms with E-state index in [2.05, 4.69) is 56.5 Å². The van der Waals surface area contributed by atoms with E-state index in [1.165, 1.54) is 11.3 Å². The number of aliphatic hydroxyl groups excluding tert-OH is 1. The minimum absolute atomic E-state index is 0.0136. The van der Waals surface area contributed by atoms with Crippen molar-refractivity contribution < 1.29 is 53.1 Å². The van der Waals surface area contributed by atoms with Crippen LogP contribution >= 0.6 is 22.7 Å². The Morgan fingerprint density at radius 2 is 1.50 bits per heavy atom. The number of aromatic carboxylic acids is 1. The monoisotopic (exact) mass is 1420 g/mol. The number of carbonyl (C=O) groups is 4. The normalized spacial score (nSPS) is 23.0. The van der Waals surface area contributed by atoms with Gasteiger partial charge in [0.25, 0.3) is 0 Å². The number of aliphatic hydroxyl groups is 1. The summed E-state index contributed by atoms with van der Waals surface area (Å²) in [6.07, 6.45) is 9.11. The minimum Gasteiger partial charge on any atom is -0.476 e. The van der Waals surface area contributed by atoms with Crippen LogP contribution in [-0.4, -0.2) is 195 Å². The van der Waals surface area contributed by atoms with Gasteiger partial charge in [-0.05, 0) is 143 Å². The average molecular weight is 1420 g/mol. The molecular weight excluding hydrogens is 1320 g/mol. The van der Waals surface area contributed by atoms with Crippen LogP contribution in [0.2, 0.25) is 0 Å². The van der Waals surface area contributed by atoms with Gasteiger partial charge >= 0.3 is 5.97 Å². The molecule has 4 bridgehead atoms. The van der Waals surface area contributed by atoms with Crippen molar-refractivity contribution >= 4 is 79.2 Å². The smallest absolute Gasteiger partial charge is 0.355 e. The third-order valence-electron chi connectivity index (χ3n) is 20.9. The highest BCUT2D eigenvalue weighted by molar-refractivity contribution is 7.22. The van der Waals surface area contributed by atoms with Gasteiger partial charge in [0.15, 0.2) is 22.5 Å². The lowest BCUT2D eigenvalue weighted by Crippen LogP contribution is -2.64. The lowest BCUT2D eigenvalue weighted by molar-refractivity contribution is -0.248. The number of aryl methyl sites for hydroxylation is 1. The third-order valence-corrected chi connectivity index (χ3v) is 22.9. The standard InChI is InChI=1S/C75H99N13O11S2/c1-47-54-14-13-24-86(66(54)84-83-65(47)82-70-79-57-15-11-12-16-59(57)101-70)60-22-21-55(62(80-60)69(93)94)56-37-77-88(50(56)4)45-74-40-72(8)39-73(9,41-74)43-75(42-72,44-74)99-29-26-85(10)25-28-96-31-33-98-35-34-97-32-30-95-27-23-61(90)81-64(71(5,6)7)68(92)87-38-53(89)36-58(87)67(91)78-48(2)51-17-19-52(20-18-51)63-49(3)76-46-100-63/h11-12,15-22,37,46,48,53,58,64,89H,13-14,23-36,38-45H2,1-10H3,(H,78,91)(H,81,90)(H,93,94)(H,79,82,83)/t48-,53+,58-,64+,72?,73?,74?,75?/m0/s1. The summed E-state index contributed by atoms with van der Waals surface area (Å²) in [7, 11) is 2.10. The number of aromatic nitrogens is 7. The summed E-state index contributed by atoms with van der Waals surface area (Å²) in [6.45, 7) is 24.9. The second-order valence-electron chi connectivity index (χ2n) is 30.6. The zero-order valence-corrected chi connectivity index (χ0v) is 61.7. The van der Waals surface area contributed by atoms with Crippen molar-refractivity contribution in [1.82, 2.24) is 55.4 Å². The summed E-state index contributed by atoms with van der Waals surface area (Å²) in [4.78, 5) is 74.9. The molecule has 6 atom stereocenters. The van der Waals surface area contributed by atoms with Crippen molar-refractivity contribution in [2.45, 2.75) is 163 Å². The van der Waals surface area contributed by atoms with E-state index in [0.717, 1.165) is 124 Å². The second kappa shape index (κ2) is 30.9. The van der Waals surface area contributed by atoms with Crippen LogP contribution in [0.3, 0.4) is 0 Å². The van der Waals surface area contributed by atoms with E-state index in [1.54, 1.807) is 22.7 Å². The summed E-state index contributed by atoms with van der Waals surface area (Å²) in [6, 6.07) is 17.5. The van der Waals surface area contributed by atoms with Crippen LogP contribution in [0.1, 0.15) is 144 Å². The molecule has 3 amide bonds. The molecule has 7 heterocycles. The van der Waals surface area contributed by atoms with E-state index >= 15 is 0 Å². The molecule has 2 aliphatic heterocycles. The molecule has 101 heavy (non-hydrogen) atoms. The van der Waals surface area contributed by atoms with Crippen molar-refractivity contribution in [3.63, 3.8) is 0 Å².